The molecule has 0 heterocycles. The van der Waals surface area contributed by atoms with Gasteiger partial charge in [0.2, 0.25) is 5.91 Å². The third kappa shape index (κ3) is 4.37. The molecule has 0 unspecified atom stereocenters. The number of sulfonamides is 1. The Hall–Kier alpha value is -2.05. The molecule has 0 aliphatic heterocycles. The number of anilines is 2. The highest BCUT2D eigenvalue weighted by Gasteiger charge is 2.26. The average molecular weight is 395 g/mol. The van der Waals surface area contributed by atoms with Crippen LogP contribution in [0, 0.1) is 5.41 Å². The molecule has 2 aromatic rings. The van der Waals surface area contributed by atoms with E-state index in [-0.39, 0.29) is 28.1 Å². The Bertz CT molecular complexity index is 891. The average Bonchev–Trinajstić information content (AvgIpc) is 2.57. The monoisotopic (exact) mass is 394 g/mol. The van der Waals surface area contributed by atoms with Crippen LogP contribution in [0.3, 0.4) is 0 Å². The van der Waals surface area contributed by atoms with Gasteiger partial charge in [-0.3, -0.25) is 9.10 Å². The molecule has 5 nitrogen and oxygen atoms in total. The van der Waals surface area contributed by atoms with Crippen molar-refractivity contribution in [3.8, 4) is 0 Å². The number of amides is 1. The van der Waals surface area contributed by atoms with Gasteiger partial charge in [-0.05, 0) is 37.3 Å². The summed E-state index contributed by atoms with van der Waals surface area (Å²) in [4.78, 5) is 12.3. The minimum absolute atomic E-state index is 0.0665. The van der Waals surface area contributed by atoms with Gasteiger partial charge in [-0.25, -0.2) is 8.42 Å². The molecule has 0 aliphatic rings. The van der Waals surface area contributed by atoms with E-state index >= 15 is 0 Å². The number of halogens is 1. The second-order valence-corrected chi connectivity index (χ2v) is 9.12. The Balaban J connectivity index is 2.44. The molecule has 0 radical (unpaired) electrons. The molecule has 0 fully saturated rings. The molecule has 0 saturated carbocycles. The van der Waals surface area contributed by atoms with E-state index in [1.54, 1.807) is 52.0 Å². The maximum Gasteiger partial charge on any atom is 0.264 e. The summed E-state index contributed by atoms with van der Waals surface area (Å²) in [7, 11) is -3.79. The third-order valence-corrected chi connectivity index (χ3v) is 6.02. The van der Waals surface area contributed by atoms with Crippen molar-refractivity contribution in [1.29, 1.82) is 0 Å². The van der Waals surface area contributed by atoms with Gasteiger partial charge in [0.1, 0.15) is 0 Å². The molecule has 140 valence electrons. The van der Waals surface area contributed by atoms with Crippen LogP contribution in [0.1, 0.15) is 27.7 Å². The Kier molecular flexibility index (Phi) is 5.98. The molecule has 0 bridgehead atoms. The van der Waals surface area contributed by atoms with E-state index in [9.17, 15) is 13.2 Å². The van der Waals surface area contributed by atoms with E-state index in [1.165, 1.54) is 22.5 Å². The van der Waals surface area contributed by atoms with Crippen LogP contribution in [0.5, 0.6) is 0 Å². The van der Waals surface area contributed by atoms with E-state index in [1.807, 2.05) is 6.07 Å². The van der Waals surface area contributed by atoms with Crippen molar-refractivity contribution < 1.29 is 13.2 Å². The smallest absolute Gasteiger partial charge is 0.264 e. The SMILES string of the molecule is CCN(c1ccccc1)S(=O)(=O)c1ccc(Cl)c(NC(=O)C(C)(C)C)c1. The zero-order chi connectivity index (χ0) is 19.5. The van der Waals surface area contributed by atoms with E-state index in [0.717, 1.165) is 0 Å². The Morgan fingerprint density at radius 2 is 1.73 bits per heavy atom. The van der Waals surface area contributed by atoms with Crippen LogP contribution in [0.15, 0.2) is 53.4 Å². The molecule has 1 amide bonds. The quantitative estimate of drug-likeness (QED) is 0.809. The lowest BCUT2D eigenvalue weighted by Gasteiger charge is -2.24. The van der Waals surface area contributed by atoms with Crippen molar-refractivity contribution in [1.82, 2.24) is 0 Å². The maximum atomic E-state index is 13.1. The first-order valence-electron chi connectivity index (χ1n) is 8.26. The van der Waals surface area contributed by atoms with E-state index < -0.39 is 15.4 Å². The van der Waals surface area contributed by atoms with Crippen LogP contribution in [-0.2, 0) is 14.8 Å². The van der Waals surface area contributed by atoms with Crippen LogP contribution >= 0.6 is 11.6 Å². The molecule has 1 N–H and O–H groups in total. The minimum atomic E-state index is -3.79. The van der Waals surface area contributed by atoms with Crippen LogP contribution in [-0.4, -0.2) is 20.9 Å². The summed E-state index contributed by atoms with van der Waals surface area (Å²) in [6.45, 7) is 7.35. The molecule has 0 aliphatic carbocycles. The summed E-state index contributed by atoms with van der Waals surface area (Å²) in [5.74, 6) is -0.246. The number of rotatable bonds is 5. The second-order valence-electron chi connectivity index (χ2n) is 6.85. The van der Waals surface area contributed by atoms with E-state index in [4.69, 9.17) is 11.6 Å². The number of hydrogen-bond acceptors (Lipinski definition) is 3. The maximum absolute atomic E-state index is 13.1. The zero-order valence-corrected chi connectivity index (χ0v) is 16.9. The lowest BCUT2D eigenvalue weighted by atomic mass is 9.95. The van der Waals surface area contributed by atoms with Crippen molar-refractivity contribution in [2.24, 2.45) is 5.41 Å². The minimum Gasteiger partial charge on any atom is -0.324 e. The fourth-order valence-electron chi connectivity index (χ4n) is 2.28. The Labute approximate surface area is 160 Å². The number of nitrogens with one attached hydrogen (secondary N) is 1. The first-order valence-corrected chi connectivity index (χ1v) is 10.1. The van der Waals surface area contributed by atoms with Crippen molar-refractivity contribution in [3.63, 3.8) is 0 Å². The van der Waals surface area contributed by atoms with Gasteiger partial charge in [-0.2, -0.15) is 0 Å². The molecule has 0 aromatic heterocycles. The summed E-state index contributed by atoms with van der Waals surface area (Å²) < 4.78 is 27.5. The van der Waals surface area contributed by atoms with Crippen molar-refractivity contribution in [2.75, 3.05) is 16.2 Å². The van der Waals surface area contributed by atoms with E-state index in [0.29, 0.717) is 5.69 Å². The molecular weight excluding hydrogens is 372 g/mol. The molecule has 0 spiro atoms. The van der Waals surface area contributed by atoms with Gasteiger partial charge in [0.05, 0.1) is 21.3 Å². The lowest BCUT2D eigenvalue weighted by molar-refractivity contribution is -0.123. The van der Waals surface area contributed by atoms with Gasteiger partial charge in [-0.15, -0.1) is 0 Å². The highest BCUT2D eigenvalue weighted by Crippen LogP contribution is 2.30. The van der Waals surface area contributed by atoms with E-state index in [2.05, 4.69) is 5.32 Å². The van der Waals surface area contributed by atoms with Crippen LogP contribution in [0.2, 0.25) is 5.02 Å². The predicted molar refractivity (Wildman–Crippen MR) is 106 cm³/mol. The second kappa shape index (κ2) is 7.68. The molecule has 0 saturated heterocycles. The fourth-order valence-corrected chi connectivity index (χ4v) is 3.95. The number of carbonyl (C=O) groups is 1. The number of carbonyl (C=O) groups excluding carboxylic acids is 1. The fraction of sp³-hybridized carbons (Fsp3) is 0.316. The molecule has 26 heavy (non-hydrogen) atoms. The first-order chi connectivity index (χ1) is 12.1. The van der Waals surface area contributed by atoms with Crippen molar-refractivity contribution >= 4 is 38.9 Å². The van der Waals surface area contributed by atoms with Crippen LogP contribution in [0.25, 0.3) is 0 Å². The summed E-state index contributed by atoms with van der Waals surface area (Å²) >= 11 is 6.15. The summed E-state index contributed by atoms with van der Waals surface area (Å²) in [5.41, 5.74) is 0.222. The number of benzene rings is 2. The summed E-state index contributed by atoms with van der Waals surface area (Å²) in [6, 6.07) is 13.2. The van der Waals surface area contributed by atoms with Crippen LogP contribution in [0.4, 0.5) is 11.4 Å². The highest BCUT2D eigenvalue weighted by molar-refractivity contribution is 7.92. The third-order valence-electron chi connectivity index (χ3n) is 3.79. The topological polar surface area (TPSA) is 66.5 Å². The van der Waals surface area contributed by atoms with Gasteiger partial charge < -0.3 is 5.32 Å². The normalized spacial score (nSPS) is 11.9. The zero-order valence-electron chi connectivity index (χ0n) is 15.3. The molecular formula is C19H23ClN2O3S. The predicted octanol–water partition coefficient (Wildman–Crippen LogP) is 4.54. The highest BCUT2D eigenvalue weighted by atomic mass is 35.5. The Morgan fingerprint density at radius 3 is 2.27 bits per heavy atom. The van der Waals surface area contributed by atoms with Crippen LogP contribution < -0.4 is 9.62 Å². The largest absolute Gasteiger partial charge is 0.324 e. The number of para-hydroxylation sites is 1. The Morgan fingerprint density at radius 1 is 1.12 bits per heavy atom. The van der Waals surface area contributed by atoms with Gasteiger partial charge in [0.15, 0.2) is 0 Å². The van der Waals surface area contributed by atoms with Gasteiger partial charge >= 0.3 is 0 Å². The molecule has 2 aromatic carbocycles. The van der Waals surface area contributed by atoms with Crippen molar-refractivity contribution in [3.05, 3.63) is 53.6 Å². The molecule has 2 rings (SSSR count). The summed E-state index contributed by atoms with van der Waals surface area (Å²) in [6.07, 6.45) is 0. The first kappa shape index (κ1) is 20.3. The van der Waals surface area contributed by atoms with Gasteiger partial charge in [0.25, 0.3) is 10.0 Å². The molecule has 7 heteroatoms. The van der Waals surface area contributed by atoms with Gasteiger partial charge in [-0.1, -0.05) is 50.6 Å². The number of nitrogens with zero attached hydrogens (tertiary/aromatic N) is 1. The van der Waals surface area contributed by atoms with Gasteiger partial charge in [0, 0.05) is 12.0 Å². The van der Waals surface area contributed by atoms with Crippen molar-refractivity contribution in [2.45, 2.75) is 32.6 Å². The molecule has 0 atom stereocenters. The standard InChI is InChI=1S/C19H23ClN2O3S/c1-5-22(14-9-7-6-8-10-14)26(24,25)15-11-12-16(20)17(13-15)21-18(23)19(2,3)4/h6-13H,5H2,1-4H3,(H,21,23). The lowest BCUT2D eigenvalue weighted by Crippen LogP contribution is -2.31. The summed E-state index contributed by atoms with van der Waals surface area (Å²) in [5, 5.41) is 2.99. The number of hydrogen-bond donors (Lipinski definition) is 1.